The first kappa shape index (κ1) is 40.1. The quantitative estimate of drug-likeness (QED) is 0.155. The molecule has 2 nitrogen and oxygen atoms in total. The molecule has 0 saturated heterocycles. The lowest BCUT2D eigenvalue weighted by Crippen LogP contribution is -2.15. The van der Waals surface area contributed by atoms with Gasteiger partial charge in [-0.05, 0) is 169 Å². The summed E-state index contributed by atoms with van der Waals surface area (Å²) in [5.74, 6) is 0. The van der Waals surface area contributed by atoms with Crippen molar-refractivity contribution in [2.45, 2.75) is 38.5 Å². The molecule has 2 aliphatic rings. The minimum Gasteiger partial charge on any atom is -0.311 e. The summed E-state index contributed by atoms with van der Waals surface area (Å²) in [7, 11) is 0. The summed E-state index contributed by atoms with van der Waals surface area (Å²) in [6.45, 7) is 9.48. The Hall–Kier alpha value is -8.20. The van der Waals surface area contributed by atoms with Gasteiger partial charge in [-0.25, -0.2) is 0 Å². The molecule has 0 spiro atoms. The third-order valence-corrected chi connectivity index (χ3v) is 15.2. The van der Waals surface area contributed by atoms with Gasteiger partial charge in [0.2, 0.25) is 0 Å². The van der Waals surface area contributed by atoms with Gasteiger partial charge in [-0.15, -0.1) is 0 Å². The number of nitrogens with zero attached hydrogens (tertiary/aromatic N) is 2. The zero-order chi connectivity index (χ0) is 45.7. The molecule has 2 heteroatoms. The Bertz CT molecular complexity index is 3600. The molecule has 1 heterocycles. The smallest absolute Gasteiger partial charge is 0.0541 e. The number of fused-ring (bicyclic) bond motifs is 9. The number of aromatic nitrogens is 1. The van der Waals surface area contributed by atoms with Gasteiger partial charge in [0.05, 0.1) is 11.0 Å². The minimum absolute atomic E-state index is 0.0885. The van der Waals surface area contributed by atoms with E-state index >= 15 is 0 Å². The van der Waals surface area contributed by atoms with Gasteiger partial charge < -0.3 is 9.47 Å². The Balaban J connectivity index is 0.912. The van der Waals surface area contributed by atoms with Crippen molar-refractivity contribution in [3.63, 3.8) is 0 Å². The maximum Gasteiger partial charge on any atom is 0.0541 e. The van der Waals surface area contributed by atoms with E-state index in [-0.39, 0.29) is 10.8 Å². The highest BCUT2D eigenvalue weighted by molar-refractivity contribution is 6.09. The molecule has 1 aromatic heterocycles. The maximum absolute atomic E-state index is 2.45. The molecule has 0 fully saturated rings. The topological polar surface area (TPSA) is 8.17 Å². The summed E-state index contributed by atoms with van der Waals surface area (Å²) in [5.41, 5.74) is 24.9. The molecule has 0 saturated carbocycles. The third-order valence-electron chi connectivity index (χ3n) is 15.2. The van der Waals surface area contributed by atoms with Gasteiger partial charge in [0.25, 0.3) is 0 Å². The molecule has 324 valence electrons. The van der Waals surface area contributed by atoms with E-state index in [9.17, 15) is 0 Å². The van der Waals surface area contributed by atoms with Crippen LogP contribution < -0.4 is 4.90 Å². The number of para-hydroxylation sites is 3. The van der Waals surface area contributed by atoms with Crippen molar-refractivity contribution in [3.05, 3.63) is 253 Å². The second-order valence-corrected chi connectivity index (χ2v) is 19.8. The zero-order valence-electron chi connectivity index (χ0n) is 38.8. The molecule has 0 atom stereocenters. The van der Waals surface area contributed by atoms with Crippen molar-refractivity contribution in [2.75, 3.05) is 4.90 Å². The van der Waals surface area contributed by atoms with Crippen molar-refractivity contribution >= 4 is 38.9 Å². The van der Waals surface area contributed by atoms with Crippen LogP contribution in [0.2, 0.25) is 0 Å². The lowest BCUT2D eigenvalue weighted by atomic mass is 9.81. The fourth-order valence-electron chi connectivity index (χ4n) is 11.7. The molecule has 0 radical (unpaired) electrons. The zero-order valence-corrected chi connectivity index (χ0v) is 38.8. The molecular formula is C66H50N2. The molecule has 13 rings (SSSR count). The van der Waals surface area contributed by atoms with Crippen molar-refractivity contribution in [1.82, 2.24) is 4.57 Å². The van der Waals surface area contributed by atoms with E-state index in [1.165, 1.54) is 99.7 Å². The molecule has 0 amide bonds. The van der Waals surface area contributed by atoms with Gasteiger partial charge in [0, 0.05) is 44.4 Å². The summed E-state index contributed by atoms with van der Waals surface area (Å²) in [6, 6.07) is 85.5. The highest BCUT2D eigenvalue weighted by Crippen LogP contribution is 2.52. The summed E-state index contributed by atoms with van der Waals surface area (Å²) in [6.07, 6.45) is 0. The Morgan fingerprint density at radius 3 is 1.19 bits per heavy atom. The van der Waals surface area contributed by atoms with E-state index in [1.807, 2.05) is 0 Å². The minimum atomic E-state index is -0.0885. The Morgan fingerprint density at radius 2 is 0.676 bits per heavy atom. The molecule has 0 unspecified atom stereocenters. The highest BCUT2D eigenvalue weighted by Gasteiger charge is 2.36. The first-order valence-electron chi connectivity index (χ1n) is 23.9. The van der Waals surface area contributed by atoms with Crippen LogP contribution in [0.4, 0.5) is 17.1 Å². The molecule has 0 bridgehead atoms. The van der Waals surface area contributed by atoms with Crippen LogP contribution in [0, 0.1) is 0 Å². The second kappa shape index (κ2) is 15.2. The van der Waals surface area contributed by atoms with Crippen LogP contribution in [0.5, 0.6) is 0 Å². The summed E-state index contributed by atoms with van der Waals surface area (Å²) >= 11 is 0. The Labute approximate surface area is 399 Å². The SMILES string of the molecule is CC1(C)c2ccccc2-c2ccc(-c3cc(-c4ccc(N(c5ccccc5)c5ccc(-n6c7ccccc7c7ccccc76)cc5)cc4)cc(-c4ccc5c(c4)C(C)(C)c4ccccc4-5)c3)cc21. The highest BCUT2D eigenvalue weighted by atomic mass is 15.1. The van der Waals surface area contributed by atoms with Crippen LogP contribution in [0.15, 0.2) is 231 Å². The first-order valence-corrected chi connectivity index (χ1v) is 23.9. The fraction of sp³-hybridized carbons (Fsp3) is 0.0909. The predicted octanol–water partition coefficient (Wildman–Crippen LogP) is 17.9. The van der Waals surface area contributed by atoms with Crippen LogP contribution >= 0.6 is 0 Å². The molecule has 11 aromatic rings. The molecular weight excluding hydrogens is 821 g/mol. The van der Waals surface area contributed by atoms with Crippen LogP contribution in [-0.2, 0) is 10.8 Å². The van der Waals surface area contributed by atoms with Gasteiger partial charge in [-0.1, -0.05) is 167 Å². The first-order chi connectivity index (χ1) is 33.2. The molecule has 68 heavy (non-hydrogen) atoms. The molecule has 0 aliphatic heterocycles. The van der Waals surface area contributed by atoms with Crippen LogP contribution in [0.3, 0.4) is 0 Å². The lowest BCUT2D eigenvalue weighted by molar-refractivity contribution is 0.660. The van der Waals surface area contributed by atoms with Gasteiger partial charge in [0.1, 0.15) is 0 Å². The molecule has 10 aromatic carbocycles. The maximum atomic E-state index is 2.45. The number of hydrogen-bond acceptors (Lipinski definition) is 1. The van der Waals surface area contributed by atoms with Gasteiger partial charge in [-0.2, -0.15) is 0 Å². The fourth-order valence-corrected chi connectivity index (χ4v) is 11.7. The monoisotopic (exact) mass is 870 g/mol. The standard InChI is InChI=1S/C66H50N2/c1-65(2)59-22-12-8-18-53(59)55-36-28-44(41-61(55)65)47-38-46(39-48(40-47)45-29-37-56-54-19-9-13-23-60(54)66(3,4)62(56)42-45)43-26-30-50(31-27-43)67(49-16-6-5-7-17-49)51-32-34-52(35-33-51)68-63-24-14-10-20-57(63)58-21-11-15-25-64(58)68/h5-42H,1-4H3. The Morgan fingerprint density at radius 1 is 0.294 bits per heavy atom. The van der Waals surface area contributed by atoms with Gasteiger partial charge in [0.15, 0.2) is 0 Å². The van der Waals surface area contributed by atoms with Crippen molar-refractivity contribution in [1.29, 1.82) is 0 Å². The normalized spacial score (nSPS) is 13.8. The average molecular weight is 871 g/mol. The number of hydrogen-bond donors (Lipinski definition) is 0. The Kier molecular flexibility index (Phi) is 8.95. The second-order valence-electron chi connectivity index (χ2n) is 19.8. The predicted molar refractivity (Wildman–Crippen MR) is 287 cm³/mol. The summed E-state index contributed by atoms with van der Waals surface area (Å²) < 4.78 is 2.38. The van der Waals surface area contributed by atoms with E-state index in [2.05, 4.69) is 268 Å². The third kappa shape index (κ3) is 6.17. The van der Waals surface area contributed by atoms with E-state index in [0.717, 1.165) is 22.7 Å². The van der Waals surface area contributed by atoms with E-state index < -0.39 is 0 Å². The number of benzene rings is 10. The molecule has 2 aliphatic carbocycles. The lowest BCUT2D eigenvalue weighted by Gasteiger charge is -2.26. The summed E-state index contributed by atoms with van der Waals surface area (Å²) in [4.78, 5) is 2.36. The van der Waals surface area contributed by atoms with Crippen molar-refractivity contribution in [3.8, 4) is 61.3 Å². The van der Waals surface area contributed by atoms with Gasteiger partial charge >= 0.3 is 0 Å². The van der Waals surface area contributed by atoms with Crippen molar-refractivity contribution in [2.24, 2.45) is 0 Å². The van der Waals surface area contributed by atoms with E-state index in [0.29, 0.717) is 0 Å². The molecule has 0 N–H and O–H groups in total. The van der Waals surface area contributed by atoms with Crippen LogP contribution in [-0.4, -0.2) is 4.57 Å². The van der Waals surface area contributed by atoms with Gasteiger partial charge in [-0.3, -0.25) is 0 Å². The van der Waals surface area contributed by atoms with Crippen LogP contribution in [0.25, 0.3) is 83.1 Å². The number of rotatable bonds is 7. The largest absolute Gasteiger partial charge is 0.311 e. The average Bonchev–Trinajstić information content (AvgIpc) is 3.93. The summed E-state index contributed by atoms with van der Waals surface area (Å²) in [5, 5.41) is 2.53. The van der Waals surface area contributed by atoms with Crippen LogP contribution in [0.1, 0.15) is 49.9 Å². The van der Waals surface area contributed by atoms with E-state index in [1.54, 1.807) is 0 Å². The number of anilines is 3. The van der Waals surface area contributed by atoms with Crippen molar-refractivity contribution < 1.29 is 0 Å². The van der Waals surface area contributed by atoms with E-state index in [4.69, 9.17) is 0 Å².